The Morgan fingerprint density at radius 3 is 3.06 bits per heavy atom. The van der Waals surface area contributed by atoms with Crippen molar-refractivity contribution >= 4 is 17.0 Å². The zero-order valence-corrected chi connectivity index (χ0v) is 10.7. The minimum Gasteiger partial charge on any atom is -0.387 e. The van der Waals surface area contributed by atoms with E-state index in [0.717, 1.165) is 17.8 Å². The Bertz CT molecular complexity index is 597. The molecule has 0 aliphatic heterocycles. The quantitative estimate of drug-likeness (QED) is 0.781. The van der Waals surface area contributed by atoms with Crippen molar-refractivity contribution in [3.05, 3.63) is 58.7 Å². The molecule has 0 radical (unpaired) electrons. The molecule has 0 saturated carbocycles. The summed E-state index contributed by atoms with van der Waals surface area (Å²) in [4.78, 5) is 4.43. The van der Waals surface area contributed by atoms with Crippen molar-refractivity contribution in [3.8, 4) is 0 Å². The smallest absolute Gasteiger partial charge is 0.137 e. The average molecular weight is 258 g/mol. The van der Waals surface area contributed by atoms with Gasteiger partial charge in [0.1, 0.15) is 5.65 Å². The SMILES string of the molecule is OC(CCc1ccsc1)c1cn2ccccc2n1. The second kappa shape index (κ2) is 4.92. The normalized spacial score (nSPS) is 12.9. The summed E-state index contributed by atoms with van der Waals surface area (Å²) in [5.74, 6) is 0. The van der Waals surface area contributed by atoms with Crippen LogP contribution in [0.5, 0.6) is 0 Å². The number of rotatable bonds is 4. The van der Waals surface area contributed by atoms with Gasteiger partial charge in [0, 0.05) is 12.4 Å². The number of nitrogens with zero attached hydrogens (tertiary/aromatic N) is 2. The van der Waals surface area contributed by atoms with E-state index in [1.807, 2.05) is 35.0 Å². The van der Waals surface area contributed by atoms with Crippen LogP contribution < -0.4 is 0 Å². The summed E-state index contributed by atoms with van der Waals surface area (Å²) in [6, 6.07) is 7.94. The highest BCUT2D eigenvalue weighted by atomic mass is 32.1. The van der Waals surface area contributed by atoms with Gasteiger partial charge >= 0.3 is 0 Å². The van der Waals surface area contributed by atoms with Gasteiger partial charge in [0.25, 0.3) is 0 Å². The van der Waals surface area contributed by atoms with Crippen LogP contribution in [0.25, 0.3) is 5.65 Å². The van der Waals surface area contributed by atoms with Crippen molar-refractivity contribution in [2.75, 3.05) is 0 Å². The monoisotopic (exact) mass is 258 g/mol. The van der Waals surface area contributed by atoms with E-state index in [0.29, 0.717) is 6.42 Å². The van der Waals surface area contributed by atoms with E-state index in [-0.39, 0.29) is 0 Å². The third-order valence-corrected chi connectivity index (χ3v) is 3.74. The number of imidazole rings is 1. The first-order valence-electron chi connectivity index (χ1n) is 5.96. The minimum absolute atomic E-state index is 0.496. The highest BCUT2D eigenvalue weighted by molar-refractivity contribution is 7.07. The van der Waals surface area contributed by atoms with Gasteiger partial charge in [-0.3, -0.25) is 0 Å². The van der Waals surface area contributed by atoms with Crippen molar-refractivity contribution in [2.24, 2.45) is 0 Å². The van der Waals surface area contributed by atoms with Gasteiger partial charge in [0.15, 0.2) is 0 Å². The van der Waals surface area contributed by atoms with Crippen LogP contribution in [0.3, 0.4) is 0 Å². The summed E-state index contributed by atoms with van der Waals surface area (Å²) >= 11 is 1.69. The second-order valence-electron chi connectivity index (χ2n) is 4.32. The van der Waals surface area contributed by atoms with Crippen molar-refractivity contribution in [2.45, 2.75) is 18.9 Å². The van der Waals surface area contributed by atoms with E-state index in [2.05, 4.69) is 21.8 Å². The first-order chi connectivity index (χ1) is 8.83. The van der Waals surface area contributed by atoms with Crippen LogP contribution in [0.15, 0.2) is 47.4 Å². The van der Waals surface area contributed by atoms with Crippen molar-refractivity contribution in [1.82, 2.24) is 9.38 Å². The van der Waals surface area contributed by atoms with Crippen molar-refractivity contribution in [1.29, 1.82) is 0 Å². The molecule has 1 N–H and O–H groups in total. The third kappa shape index (κ3) is 2.30. The lowest BCUT2D eigenvalue weighted by Gasteiger charge is -2.05. The molecule has 0 aromatic carbocycles. The van der Waals surface area contributed by atoms with Gasteiger partial charge in [-0.05, 0) is 47.4 Å². The molecule has 18 heavy (non-hydrogen) atoms. The second-order valence-corrected chi connectivity index (χ2v) is 5.10. The van der Waals surface area contributed by atoms with Crippen LogP contribution in [0.1, 0.15) is 23.8 Å². The predicted molar refractivity (Wildman–Crippen MR) is 72.8 cm³/mol. The molecule has 1 unspecified atom stereocenters. The lowest BCUT2D eigenvalue weighted by molar-refractivity contribution is 0.164. The number of aliphatic hydroxyl groups is 1. The number of aryl methyl sites for hydroxylation is 1. The molecule has 3 nitrogen and oxygen atoms in total. The number of aromatic nitrogens is 2. The van der Waals surface area contributed by atoms with Crippen LogP contribution in [0.4, 0.5) is 0 Å². The van der Waals surface area contributed by atoms with Crippen molar-refractivity contribution < 1.29 is 5.11 Å². The number of hydrogen-bond donors (Lipinski definition) is 1. The lowest BCUT2D eigenvalue weighted by Crippen LogP contribution is -1.99. The molecule has 3 rings (SSSR count). The first kappa shape index (κ1) is 11.4. The highest BCUT2D eigenvalue weighted by Gasteiger charge is 2.11. The van der Waals surface area contributed by atoms with Crippen LogP contribution in [-0.4, -0.2) is 14.5 Å². The molecule has 0 aliphatic rings. The molecule has 0 bridgehead atoms. The van der Waals surface area contributed by atoms with Gasteiger partial charge < -0.3 is 9.51 Å². The molecule has 4 heteroatoms. The van der Waals surface area contributed by atoms with Crippen molar-refractivity contribution in [3.63, 3.8) is 0 Å². The summed E-state index contributed by atoms with van der Waals surface area (Å²) < 4.78 is 1.93. The van der Waals surface area contributed by atoms with E-state index in [9.17, 15) is 5.11 Å². The summed E-state index contributed by atoms with van der Waals surface area (Å²) in [6.07, 6.45) is 4.94. The Morgan fingerprint density at radius 2 is 2.28 bits per heavy atom. The average Bonchev–Trinajstić information content (AvgIpc) is 3.04. The van der Waals surface area contributed by atoms with Gasteiger partial charge in [0.2, 0.25) is 0 Å². The maximum Gasteiger partial charge on any atom is 0.137 e. The van der Waals surface area contributed by atoms with Crippen LogP contribution in [-0.2, 0) is 6.42 Å². The topological polar surface area (TPSA) is 37.5 Å². The molecule has 0 fully saturated rings. The summed E-state index contributed by atoms with van der Waals surface area (Å²) in [7, 11) is 0. The van der Waals surface area contributed by atoms with Gasteiger partial charge in [0.05, 0.1) is 11.8 Å². The largest absolute Gasteiger partial charge is 0.387 e. The maximum absolute atomic E-state index is 10.1. The fourth-order valence-corrected chi connectivity index (χ4v) is 2.70. The van der Waals surface area contributed by atoms with Gasteiger partial charge in [-0.15, -0.1) is 0 Å². The summed E-state index contributed by atoms with van der Waals surface area (Å²) in [6.45, 7) is 0. The fourth-order valence-electron chi connectivity index (χ4n) is 2.00. The van der Waals surface area contributed by atoms with Gasteiger partial charge in [-0.1, -0.05) is 6.07 Å². The highest BCUT2D eigenvalue weighted by Crippen LogP contribution is 2.19. The molecule has 3 aromatic rings. The van der Waals surface area contributed by atoms with Gasteiger partial charge in [-0.2, -0.15) is 11.3 Å². The van der Waals surface area contributed by atoms with Crippen LogP contribution >= 0.6 is 11.3 Å². The summed E-state index contributed by atoms with van der Waals surface area (Å²) in [5.41, 5.74) is 2.90. The Kier molecular flexibility index (Phi) is 3.13. The van der Waals surface area contributed by atoms with E-state index >= 15 is 0 Å². The lowest BCUT2D eigenvalue weighted by atomic mass is 10.1. The standard InChI is InChI=1S/C14H14N2OS/c17-13(5-4-11-6-8-18-10-11)12-9-16-7-2-1-3-14(16)15-12/h1-3,6-10,13,17H,4-5H2. The predicted octanol–water partition coefficient (Wildman–Crippen LogP) is 3.06. The maximum atomic E-state index is 10.1. The van der Waals surface area contributed by atoms with Gasteiger partial charge in [-0.25, -0.2) is 4.98 Å². The van der Waals surface area contributed by atoms with E-state index < -0.39 is 6.10 Å². The Labute approximate surface area is 109 Å². The molecular formula is C14H14N2OS. The number of fused-ring (bicyclic) bond motifs is 1. The Hall–Kier alpha value is -1.65. The number of pyridine rings is 1. The van der Waals surface area contributed by atoms with E-state index in [1.54, 1.807) is 11.3 Å². The third-order valence-electron chi connectivity index (χ3n) is 3.01. The molecule has 0 aliphatic carbocycles. The van der Waals surface area contributed by atoms with Crippen LogP contribution in [0.2, 0.25) is 0 Å². The molecule has 0 spiro atoms. The van der Waals surface area contributed by atoms with E-state index in [4.69, 9.17) is 0 Å². The number of aliphatic hydroxyl groups excluding tert-OH is 1. The van der Waals surface area contributed by atoms with E-state index in [1.165, 1.54) is 5.56 Å². The Morgan fingerprint density at radius 1 is 1.33 bits per heavy atom. The molecular weight excluding hydrogens is 244 g/mol. The number of thiophene rings is 1. The first-order valence-corrected chi connectivity index (χ1v) is 6.90. The molecule has 1 atom stereocenters. The molecule has 92 valence electrons. The summed E-state index contributed by atoms with van der Waals surface area (Å²) in [5, 5.41) is 14.3. The number of hydrogen-bond acceptors (Lipinski definition) is 3. The molecule has 0 saturated heterocycles. The zero-order chi connectivity index (χ0) is 12.4. The molecule has 0 amide bonds. The minimum atomic E-state index is -0.496. The van der Waals surface area contributed by atoms with Crippen LogP contribution in [0, 0.1) is 0 Å². The molecule has 3 heterocycles. The Balaban J connectivity index is 1.73. The zero-order valence-electron chi connectivity index (χ0n) is 9.86. The fraction of sp³-hybridized carbons (Fsp3) is 0.214. The molecule has 3 aromatic heterocycles.